The first-order valence-electron chi connectivity index (χ1n) is 9.28. The molecule has 3 heterocycles. The van der Waals surface area contributed by atoms with Gasteiger partial charge in [0.2, 0.25) is 5.89 Å². The lowest BCUT2D eigenvalue weighted by Crippen LogP contribution is -1.98. The molecule has 30 heavy (non-hydrogen) atoms. The maximum absolute atomic E-state index is 5.98. The minimum Gasteiger partial charge on any atom is -0.483 e. The van der Waals surface area contributed by atoms with Gasteiger partial charge in [-0.05, 0) is 60.7 Å². The summed E-state index contributed by atoms with van der Waals surface area (Å²) in [5, 5.41) is 9.79. The molecule has 0 N–H and O–H groups in total. The van der Waals surface area contributed by atoms with Crippen molar-refractivity contribution in [2.45, 2.75) is 6.61 Å². The Kier molecular flexibility index (Phi) is 4.83. The number of pyridine rings is 2. The Labute approximate surface area is 177 Å². The molecule has 0 saturated carbocycles. The molecule has 3 aromatic heterocycles. The van der Waals surface area contributed by atoms with Gasteiger partial charge in [0.05, 0.1) is 5.69 Å². The fraction of sp³-hybridized carbons (Fsp3) is 0.0435. The highest BCUT2D eigenvalue weighted by atomic mass is 35.5. The van der Waals surface area contributed by atoms with Crippen molar-refractivity contribution < 1.29 is 9.15 Å². The van der Waals surface area contributed by atoms with Crippen LogP contribution in [-0.2, 0) is 6.61 Å². The molecule has 0 aliphatic heterocycles. The van der Waals surface area contributed by atoms with E-state index >= 15 is 0 Å². The normalized spacial score (nSPS) is 11.0. The third-order valence-electron chi connectivity index (χ3n) is 4.54. The lowest BCUT2D eigenvalue weighted by Gasteiger charge is -2.10. The average Bonchev–Trinajstić information content (AvgIpc) is 3.27. The highest BCUT2D eigenvalue weighted by Crippen LogP contribution is 2.30. The van der Waals surface area contributed by atoms with Crippen LogP contribution in [0.3, 0.4) is 0 Å². The Hall–Kier alpha value is -3.77. The fourth-order valence-electron chi connectivity index (χ4n) is 3.07. The maximum Gasteiger partial charge on any atom is 0.254 e. The molecule has 0 atom stereocenters. The standard InChI is InChI=1S/C23H15ClN4O2/c24-17-10-7-16(8-11-17)23-28-27-21(30-23)14-29-20-6-2-1-5-18(20)19-12-9-15-4-3-13-25-22(15)26-19/h1-13H,14H2. The van der Waals surface area contributed by atoms with Crippen molar-refractivity contribution in [3.63, 3.8) is 0 Å². The van der Waals surface area contributed by atoms with Crippen molar-refractivity contribution in [2.75, 3.05) is 0 Å². The van der Waals surface area contributed by atoms with Gasteiger partial charge >= 0.3 is 0 Å². The van der Waals surface area contributed by atoms with Gasteiger partial charge in [0, 0.05) is 27.7 Å². The Morgan fingerprint density at radius 3 is 2.63 bits per heavy atom. The van der Waals surface area contributed by atoms with Crippen LogP contribution < -0.4 is 4.74 Å². The smallest absolute Gasteiger partial charge is 0.254 e. The van der Waals surface area contributed by atoms with Crippen molar-refractivity contribution in [2.24, 2.45) is 0 Å². The minimum atomic E-state index is 0.142. The van der Waals surface area contributed by atoms with Crippen molar-refractivity contribution in [1.82, 2.24) is 20.2 Å². The Bertz CT molecular complexity index is 1320. The molecule has 5 rings (SSSR count). The number of nitrogens with zero attached hydrogens (tertiary/aromatic N) is 4. The van der Waals surface area contributed by atoms with E-state index in [4.69, 9.17) is 20.8 Å². The summed E-state index contributed by atoms with van der Waals surface area (Å²) >= 11 is 5.92. The summed E-state index contributed by atoms with van der Waals surface area (Å²) in [6.07, 6.45) is 1.73. The number of fused-ring (bicyclic) bond motifs is 1. The molecule has 0 amide bonds. The molecule has 146 valence electrons. The molecular formula is C23H15ClN4O2. The predicted octanol–water partition coefficient (Wildman–Crippen LogP) is 5.58. The van der Waals surface area contributed by atoms with Crippen molar-refractivity contribution in [3.8, 4) is 28.5 Å². The van der Waals surface area contributed by atoms with Gasteiger partial charge in [0.15, 0.2) is 12.3 Å². The molecule has 0 aliphatic rings. The van der Waals surface area contributed by atoms with Gasteiger partial charge in [-0.25, -0.2) is 9.97 Å². The molecule has 6 nitrogen and oxygen atoms in total. The Morgan fingerprint density at radius 1 is 0.867 bits per heavy atom. The zero-order valence-electron chi connectivity index (χ0n) is 15.7. The van der Waals surface area contributed by atoms with E-state index in [1.807, 2.05) is 60.7 Å². The van der Waals surface area contributed by atoms with Crippen molar-refractivity contribution in [1.29, 1.82) is 0 Å². The summed E-state index contributed by atoms with van der Waals surface area (Å²) in [6, 6.07) is 22.7. The first-order valence-corrected chi connectivity index (χ1v) is 9.66. The van der Waals surface area contributed by atoms with Gasteiger partial charge in [-0.1, -0.05) is 23.7 Å². The summed E-state index contributed by atoms with van der Waals surface area (Å²) in [6.45, 7) is 0.142. The molecule has 2 aromatic carbocycles. The quantitative estimate of drug-likeness (QED) is 0.374. The second kappa shape index (κ2) is 7.93. The van der Waals surface area contributed by atoms with Crippen LogP contribution in [0.2, 0.25) is 5.02 Å². The Morgan fingerprint density at radius 2 is 1.73 bits per heavy atom. The third kappa shape index (κ3) is 3.73. The topological polar surface area (TPSA) is 73.9 Å². The van der Waals surface area contributed by atoms with Gasteiger partial charge in [-0.3, -0.25) is 0 Å². The summed E-state index contributed by atoms with van der Waals surface area (Å²) in [5.41, 5.74) is 3.13. The molecule has 0 saturated heterocycles. The average molecular weight is 415 g/mol. The van der Waals surface area contributed by atoms with E-state index in [2.05, 4.69) is 20.2 Å². The van der Waals surface area contributed by atoms with E-state index in [1.54, 1.807) is 18.3 Å². The van der Waals surface area contributed by atoms with Crippen LogP contribution in [0.25, 0.3) is 33.7 Å². The van der Waals surface area contributed by atoms with E-state index in [0.717, 1.165) is 22.2 Å². The molecule has 0 spiro atoms. The fourth-order valence-corrected chi connectivity index (χ4v) is 3.19. The number of hydrogen-bond acceptors (Lipinski definition) is 6. The molecule has 5 aromatic rings. The highest BCUT2D eigenvalue weighted by Gasteiger charge is 2.12. The molecule has 7 heteroatoms. The number of hydrogen-bond donors (Lipinski definition) is 0. The van der Waals surface area contributed by atoms with Crippen LogP contribution >= 0.6 is 11.6 Å². The summed E-state index contributed by atoms with van der Waals surface area (Å²) in [7, 11) is 0. The number of para-hydroxylation sites is 1. The van der Waals surface area contributed by atoms with E-state index in [0.29, 0.717) is 28.2 Å². The monoisotopic (exact) mass is 414 g/mol. The number of benzene rings is 2. The van der Waals surface area contributed by atoms with Crippen LogP contribution in [0.4, 0.5) is 0 Å². The molecule has 0 aliphatic carbocycles. The maximum atomic E-state index is 5.98. The van der Waals surface area contributed by atoms with Gasteiger partial charge in [-0.15, -0.1) is 10.2 Å². The highest BCUT2D eigenvalue weighted by molar-refractivity contribution is 6.30. The number of aromatic nitrogens is 4. The van der Waals surface area contributed by atoms with Gasteiger partial charge in [0.1, 0.15) is 5.75 Å². The largest absolute Gasteiger partial charge is 0.483 e. The first-order chi connectivity index (χ1) is 14.8. The van der Waals surface area contributed by atoms with Gasteiger partial charge in [-0.2, -0.15) is 0 Å². The van der Waals surface area contributed by atoms with E-state index < -0.39 is 0 Å². The van der Waals surface area contributed by atoms with Crippen LogP contribution in [-0.4, -0.2) is 20.2 Å². The first kappa shape index (κ1) is 18.3. The zero-order valence-corrected chi connectivity index (χ0v) is 16.5. The number of ether oxygens (including phenoxy) is 1. The van der Waals surface area contributed by atoms with Crippen LogP contribution in [0.5, 0.6) is 5.75 Å². The Balaban J connectivity index is 1.38. The number of halogens is 1. The second-order valence-corrected chi connectivity index (χ2v) is 6.98. The number of rotatable bonds is 5. The second-order valence-electron chi connectivity index (χ2n) is 6.54. The predicted molar refractivity (Wildman–Crippen MR) is 114 cm³/mol. The molecule has 0 bridgehead atoms. The lowest BCUT2D eigenvalue weighted by molar-refractivity contribution is 0.265. The van der Waals surface area contributed by atoms with E-state index in [9.17, 15) is 0 Å². The lowest BCUT2D eigenvalue weighted by atomic mass is 10.1. The summed E-state index contributed by atoms with van der Waals surface area (Å²) in [5.74, 6) is 1.47. The third-order valence-corrected chi connectivity index (χ3v) is 4.79. The van der Waals surface area contributed by atoms with Crippen molar-refractivity contribution >= 4 is 22.6 Å². The molecular weight excluding hydrogens is 400 g/mol. The zero-order chi connectivity index (χ0) is 20.3. The van der Waals surface area contributed by atoms with Gasteiger partial charge < -0.3 is 9.15 Å². The van der Waals surface area contributed by atoms with E-state index in [1.165, 1.54) is 0 Å². The SMILES string of the molecule is Clc1ccc(-c2nnc(COc3ccccc3-c3ccc4cccnc4n3)o2)cc1. The minimum absolute atomic E-state index is 0.142. The molecule has 0 radical (unpaired) electrons. The van der Waals surface area contributed by atoms with Crippen LogP contribution in [0, 0.1) is 0 Å². The van der Waals surface area contributed by atoms with Crippen LogP contribution in [0.15, 0.2) is 83.4 Å². The van der Waals surface area contributed by atoms with Crippen molar-refractivity contribution in [3.05, 3.63) is 89.9 Å². The summed E-state index contributed by atoms with van der Waals surface area (Å²) < 4.78 is 11.7. The molecule has 0 unspecified atom stereocenters. The van der Waals surface area contributed by atoms with Crippen LogP contribution in [0.1, 0.15) is 5.89 Å². The van der Waals surface area contributed by atoms with Gasteiger partial charge in [0.25, 0.3) is 5.89 Å². The molecule has 0 fully saturated rings. The van der Waals surface area contributed by atoms with E-state index in [-0.39, 0.29) is 6.61 Å². The summed E-state index contributed by atoms with van der Waals surface area (Å²) in [4.78, 5) is 8.99.